The summed E-state index contributed by atoms with van der Waals surface area (Å²) in [5.41, 5.74) is 0. The van der Waals surface area contributed by atoms with E-state index in [4.69, 9.17) is 11.8 Å². The average Bonchev–Trinajstić information content (AvgIpc) is 2.02. The zero-order valence-corrected chi connectivity index (χ0v) is 12.6. The van der Waals surface area contributed by atoms with Crippen molar-refractivity contribution in [1.29, 1.82) is 0 Å². The van der Waals surface area contributed by atoms with Gasteiger partial charge in [-0.3, -0.25) is 0 Å². The second-order valence-corrected chi connectivity index (χ2v) is 20.1. The molecule has 0 unspecified atom stereocenters. The first-order valence-electron chi connectivity index (χ1n) is 3.88. The van der Waals surface area contributed by atoms with E-state index in [9.17, 15) is 0 Å². The standard InChI is InChI=1S/C6H15PS5/c1-4-9-7(8,10-5-2)12-11-6-3/h4-6H2,1-3H3. The van der Waals surface area contributed by atoms with Crippen LogP contribution in [-0.2, 0) is 11.8 Å². The van der Waals surface area contributed by atoms with Crippen molar-refractivity contribution in [2.75, 3.05) is 17.3 Å². The summed E-state index contributed by atoms with van der Waals surface area (Å²) in [7, 11) is 3.86. The molecule has 0 saturated carbocycles. The van der Waals surface area contributed by atoms with Crippen molar-refractivity contribution in [2.45, 2.75) is 20.8 Å². The highest BCUT2D eigenvalue weighted by Gasteiger charge is 2.17. The first-order valence-corrected chi connectivity index (χ1v) is 12.8. The Morgan fingerprint density at radius 1 is 1.00 bits per heavy atom. The monoisotopic (exact) mass is 278 g/mol. The van der Waals surface area contributed by atoms with E-state index in [2.05, 4.69) is 20.8 Å². The van der Waals surface area contributed by atoms with E-state index >= 15 is 0 Å². The maximum Gasteiger partial charge on any atom is 0.119 e. The maximum atomic E-state index is 5.64. The molecule has 0 fully saturated rings. The van der Waals surface area contributed by atoms with Crippen molar-refractivity contribution in [3.05, 3.63) is 0 Å². The van der Waals surface area contributed by atoms with Gasteiger partial charge in [0.25, 0.3) is 0 Å². The van der Waals surface area contributed by atoms with Gasteiger partial charge in [0.15, 0.2) is 0 Å². The van der Waals surface area contributed by atoms with Gasteiger partial charge in [-0.05, 0) is 21.9 Å². The van der Waals surface area contributed by atoms with Crippen LogP contribution in [0.15, 0.2) is 0 Å². The van der Waals surface area contributed by atoms with Crippen molar-refractivity contribution in [3.63, 3.8) is 0 Å². The Morgan fingerprint density at radius 2 is 1.50 bits per heavy atom. The van der Waals surface area contributed by atoms with E-state index in [1.54, 1.807) is 0 Å². The van der Waals surface area contributed by atoms with E-state index in [-0.39, 0.29) is 0 Å². The van der Waals surface area contributed by atoms with Gasteiger partial charge in [0.2, 0.25) is 0 Å². The summed E-state index contributed by atoms with van der Waals surface area (Å²) in [5.74, 6) is 3.47. The molecule has 0 heterocycles. The number of hydrogen-bond acceptors (Lipinski definition) is 5. The summed E-state index contributed by atoms with van der Waals surface area (Å²) in [6, 6.07) is 0. The molecular formula is C6H15PS5. The minimum Gasteiger partial charge on any atom is -0.104 e. The van der Waals surface area contributed by atoms with Crippen LogP contribution in [0.25, 0.3) is 0 Å². The molecule has 0 aliphatic heterocycles. The minimum atomic E-state index is -1.19. The van der Waals surface area contributed by atoms with Crippen LogP contribution in [0.5, 0.6) is 0 Å². The molecule has 74 valence electrons. The van der Waals surface area contributed by atoms with Gasteiger partial charge in [-0.15, -0.1) is 22.8 Å². The summed E-state index contributed by atoms with van der Waals surface area (Å²) < 4.78 is -1.19. The van der Waals surface area contributed by atoms with E-state index in [0.29, 0.717) is 0 Å². The largest absolute Gasteiger partial charge is 0.119 e. The molecule has 0 aromatic heterocycles. The summed E-state index contributed by atoms with van der Waals surface area (Å²) in [6.45, 7) is 6.57. The molecule has 0 amide bonds. The van der Waals surface area contributed by atoms with Gasteiger partial charge in [0, 0.05) is 5.75 Å². The van der Waals surface area contributed by atoms with Crippen molar-refractivity contribution in [1.82, 2.24) is 0 Å². The highest BCUT2D eigenvalue weighted by molar-refractivity contribution is 9.34. The molecule has 0 bridgehead atoms. The van der Waals surface area contributed by atoms with Gasteiger partial charge in [-0.2, -0.15) is 0 Å². The lowest BCUT2D eigenvalue weighted by atomic mass is 11.0. The van der Waals surface area contributed by atoms with Crippen LogP contribution in [0.1, 0.15) is 20.8 Å². The van der Waals surface area contributed by atoms with Gasteiger partial charge in [-0.25, -0.2) is 0 Å². The molecule has 0 aromatic carbocycles. The van der Waals surface area contributed by atoms with Crippen LogP contribution in [0.2, 0.25) is 0 Å². The van der Waals surface area contributed by atoms with Crippen LogP contribution in [-0.4, -0.2) is 17.3 Å². The first kappa shape index (κ1) is 14.1. The molecule has 6 heteroatoms. The van der Waals surface area contributed by atoms with E-state index in [1.807, 2.05) is 44.0 Å². The maximum absolute atomic E-state index is 5.64. The molecular weight excluding hydrogens is 263 g/mol. The smallest absolute Gasteiger partial charge is 0.104 e. The fourth-order valence-corrected chi connectivity index (χ4v) is 19.7. The Kier molecular flexibility index (Phi) is 9.80. The van der Waals surface area contributed by atoms with E-state index in [0.717, 1.165) is 17.3 Å². The second kappa shape index (κ2) is 8.37. The molecule has 0 N–H and O–H groups in total. The summed E-state index contributed by atoms with van der Waals surface area (Å²) >= 11 is 9.59. The summed E-state index contributed by atoms with van der Waals surface area (Å²) in [4.78, 5) is 0. The lowest BCUT2D eigenvalue weighted by Crippen LogP contribution is -1.68. The molecule has 0 aliphatic carbocycles. The lowest BCUT2D eigenvalue weighted by molar-refractivity contribution is 1.54. The number of rotatable bonds is 7. The topological polar surface area (TPSA) is 0 Å². The molecule has 0 saturated heterocycles. The predicted molar refractivity (Wildman–Crippen MR) is 76.3 cm³/mol. The average molecular weight is 278 g/mol. The Hall–Kier alpha value is 2.05. The quantitative estimate of drug-likeness (QED) is 0.467. The van der Waals surface area contributed by atoms with Crippen molar-refractivity contribution >= 4 is 59.4 Å². The Labute approximate surface area is 96.8 Å². The van der Waals surface area contributed by atoms with Gasteiger partial charge in [-0.1, -0.05) is 43.4 Å². The molecule has 0 aromatic rings. The molecule has 0 atom stereocenters. The first-order chi connectivity index (χ1) is 5.68. The van der Waals surface area contributed by atoms with Gasteiger partial charge in [0.1, 0.15) is 3.64 Å². The second-order valence-electron chi connectivity index (χ2n) is 1.76. The normalized spacial score (nSPS) is 11.9. The zero-order chi connectivity index (χ0) is 9.45. The highest BCUT2D eigenvalue weighted by atomic mass is 33.7. The molecule has 0 aliphatic rings. The number of hydrogen-bond donors (Lipinski definition) is 0. The van der Waals surface area contributed by atoms with Crippen LogP contribution in [0, 0.1) is 0 Å². The SMILES string of the molecule is CCSSP(=S)(SCC)SCC. The van der Waals surface area contributed by atoms with Crippen LogP contribution < -0.4 is 0 Å². The van der Waals surface area contributed by atoms with Gasteiger partial charge >= 0.3 is 0 Å². The van der Waals surface area contributed by atoms with Crippen molar-refractivity contribution in [3.8, 4) is 0 Å². The third kappa shape index (κ3) is 6.50. The molecule has 0 radical (unpaired) electrons. The fraction of sp³-hybridized carbons (Fsp3) is 1.00. The predicted octanol–water partition coefficient (Wildman–Crippen LogP) is 5.12. The van der Waals surface area contributed by atoms with E-state index < -0.39 is 3.64 Å². The lowest BCUT2D eigenvalue weighted by Gasteiger charge is -2.16. The molecule has 12 heavy (non-hydrogen) atoms. The Bertz CT molecular complexity index is 139. The molecule has 0 nitrogen and oxygen atoms in total. The Morgan fingerprint density at radius 3 is 1.83 bits per heavy atom. The minimum absolute atomic E-state index is 1.15. The van der Waals surface area contributed by atoms with E-state index in [1.165, 1.54) is 0 Å². The fourth-order valence-electron chi connectivity index (χ4n) is 0.514. The third-order valence-electron chi connectivity index (χ3n) is 0.836. The molecule has 0 rings (SSSR count). The summed E-state index contributed by atoms with van der Waals surface area (Å²) in [6.07, 6.45) is 0. The summed E-state index contributed by atoms with van der Waals surface area (Å²) in [5, 5.41) is 0. The Balaban J connectivity index is 3.90. The highest BCUT2D eigenvalue weighted by Crippen LogP contribution is 2.80. The van der Waals surface area contributed by atoms with Crippen LogP contribution in [0.4, 0.5) is 0 Å². The van der Waals surface area contributed by atoms with Gasteiger partial charge in [0.05, 0.1) is 0 Å². The van der Waals surface area contributed by atoms with Crippen LogP contribution >= 0.6 is 47.6 Å². The van der Waals surface area contributed by atoms with Crippen molar-refractivity contribution < 1.29 is 0 Å². The third-order valence-corrected chi connectivity index (χ3v) is 20.7. The van der Waals surface area contributed by atoms with Gasteiger partial charge < -0.3 is 0 Å². The van der Waals surface area contributed by atoms with Crippen LogP contribution in [0.3, 0.4) is 0 Å². The zero-order valence-electron chi connectivity index (χ0n) is 7.61. The van der Waals surface area contributed by atoms with Crippen molar-refractivity contribution in [2.24, 2.45) is 0 Å². The molecule has 0 spiro atoms.